The standard InChI is InChI=1S/C34H41F3N4O4S/c1-22-20-39-21-27(41(22)46(43,44)28-8-3-2-4-9-28)7-5-10-29-30(37)11-6-12-31(29)40-34(42)33(38)32(23-13-15-45-16-14-23)24-17-25(35)19-26(36)18-24/h2-4,6,8-9,11-12,17-19,22-23,27,32-33,39H,5,7,10,13-16,20-21,38H2,1H3,(H,40,42)/t22-,27+,32-,33+/m1/s1. The quantitative estimate of drug-likeness (QED) is 0.269. The number of halogens is 3. The molecule has 3 aromatic carbocycles. The second-order valence-corrected chi connectivity index (χ2v) is 14.0. The summed E-state index contributed by atoms with van der Waals surface area (Å²) in [4.78, 5) is 13.8. The molecule has 248 valence electrons. The summed E-state index contributed by atoms with van der Waals surface area (Å²) in [7, 11) is -3.75. The van der Waals surface area contributed by atoms with Crippen LogP contribution in [-0.2, 0) is 26.0 Å². The van der Waals surface area contributed by atoms with Gasteiger partial charge in [0.15, 0.2) is 0 Å². The summed E-state index contributed by atoms with van der Waals surface area (Å²) >= 11 is 0. The van der Waals surface area contributed by atoms with Gasteiger partial charge in [0.25, 0.3) is 0 Å². The molecule has 2 aliphatic heterocycles. The third kappa shape index (κ3) is 7.80. The summed E-state index contributed by atoms with van der Waals surface area (Å²) in [5, 5.41) is 6.08. The van der Waals surface area contributed by atoms with Crippen molar-refractivity contribution in [2.45, 2.75) is 68.0 Å². The zero-order valence-corrected chi connectivity index (χ0v) is 26.6. The van der Waals surface area contributed by atoms with Crippen molar-refractivity contribution in [3.8, 4) is 0 Å². The van der Waals surface area contributed by atoms with E-state index in [0.717, 1.165) is 6.07 Å². The molecular formula is C34H41F3N4O4S. The van der Waals surface area contributed by atoms with Crippen molar-refractivity contribution in [2.75, 3.05) is 31.6 Å². The molecule has 0 aromatic heterocycles. The van der Waals surface area contributed by atoms with Crippen LogP contribution in [0.1, 0.15) is 49.7 Å². The van der Waals surface area contributed by atoms with E-state index in [1.54, 1.807) is 40.7 Å². The third-order valence-electron chi connectivity index (χ3n) is 9.01. The summed E-state index contributed by atoms with van der Waals surface area (Å²) in [6, 6.07) is 14.1. The fraction of sp³-hybridized carbons (Fsp3) is 0.441. The predicted molar refractivity (Wildman–Crippen MR) is 170 cm³/mol. The van der Waals surface area contributed by atoms with E-state index in [4.69, 9.17) is 10.5 Å². The van der Waals surface area contributed by atoms with E-state index in [9.17, 15) is 22.0 Å². The van der Waals surface area contributed by atoms with Crippen molar-refractivity contribution < 1.29 is 31.1 Å². The van der Waals surface area contributed by atoms with Gasteiger partial charge in [0.05, 0.1) is 10.9 Å². The van der Waals surface area contributed by atoms with E-state index in [2.05, 4.69) is 10.6 Å². The average molecular weight is 659 g/mol. The lowest BCUT2D eigenvalue weighted by atomic mass is 9.76. The number of piperazine rings is 1. The van der Waals surface area contributed by atoms with Gasteiger partial charge >= 0.3 is 0 Å². The molecule has 4 N–H and O–H groups in total. The minimum Gasteiger partial charge on any atom is -0.381 e. The van der Waals surface area contributed by atoms with Crippen LogP contribution in [-0.4, -0.2) is 63.1 Å². The number of hydrogen-bond acceptors (Lipinski definition) is 6. The van der Waals surface area contributed by atoms with Crippen LogP contribution in [0.4, 0.5) is 18.9 Å². The molecule has 0 radical (unpaired) electrons. The second-order valence-electron chi connectivity index (χ2n) is 12.2. The van der Waals surface area contributed by atoms with Gasteiger partial charge in [-0.2, -0.15) is 4.31 Å². The smallest absolute Gasteiger partial charge is 0.243 e. The molecule has 2 heterocycles. The molecule has 8 nitrogen and oxygen atoms in total. The van der Waals surface area contributed by atoms with Crippen LogP contribution in [0.3, 0.4) is 0 Å². The first kappa shape index (κ1) is 34.1. The first-order valence-electron chi connectivity index (χ1n) is 15.7. The van der Waals surface area contributed by atoms with Gasteiger partial charge in [-0.15, -0.1) is 0 Å². The topological polar surface area (TPSA) is 114 Å². The molecule has 12 heteroatoms. The van der Waals surface area contributed by atoms with Gasteiger partial charge in [0.2, 0.25) is 15.9 Å². The number of benzene rings is 3. The Morgan fingerprint density at radius 3 is 2.41 bits per heavy atom. The molecule has 0 aliphatic carbocycles. The van der Waals surface area contributed by atoms with Crippen LogP contribution in [0, 0.1) is 23.4 Å². The average Bonchev–Trinajstić information content (AvgIpc) is 3.03. The molecule has 2 saturated heterocycles. The number of carbonyl (C=O) groups is 1. The van der Waals surface area contributed by atoms with Crippen LogP contribution >= 0.6 is 0 Å². The lowest BCUT2D eigenvalue weighted by Gasteiger charge is -2.40. The van der Waals surface area contributed by atoms with Crippen molar-refractivity contribution in [3.63, 3.8) is 0 Å². The number of hydrogen-bond donors (Lipinski definition) is 3. The summed E-state index contributed by atoms with van der Waals surface area (Å²) < 4.78 is 77.8. The van der Waals surface area contributed by atoms with Gasteiger partial charge < -0.3 is 21.1 Å². The minimum absolute atomic E-state index is 0.149. The fourth-order valence-electron chi connectivity index (χ4n) is 6.81. The first-order valence-corrected chi connectivity index (χ1v) is 17.2. The molecule has 2 aliphatic rings. The number of nitrogens with two attached hydrogens (primary N) is 1. The Kier molecular flexibility index (Phi) is 11.2. The Morgan fingerprint density at radius 1 is 1.02 bits per heavy atom. The van der Waals surface area contributed by atoms with Crippen molar-refractivity contribution in [2.24, 2.45) is 11.7 Å². The summed E-state index contributed by atoms with van der Waals surface area (Å²) in [6.07, 6.45) is 2.28. The molecule has 1 amide bonds. The summed E-state index contributed by atoms with van der Waals surface area (Å²) in [5.41, 5.74) is 7.33. The Labute approximate surface area is 268 Å². The Morgan fingerprint density at radius 2 is 1.72 bits per heavy atom. The molecule has 3 aromatic rings. The highest BCUT2D eigenvalue weighted by Gasteiger charge is 2.38. The van der Waals surface area contributed by atoms with Gasteiger partial charge in [0, 0.05) is 61.6 Å². The molecule has 46 heavy (non-hydrogen) atoms. The monoisotopic (exact) mass is 658 g/mol. The number of ether oxygens (including phenoxy) is 1. The molecule has 0 bridgehead atoms. The highest BCUT2D eigenvalue weighted by molar-refractivity contribution is 7.89. The van der Waals surface area contributed by atoms with E-state index < -0.39 is 45.3 Å². The van der Waals surface area contributed by atoms with E-state index in [1.165, 1.54) is 24.3 Å². The van der Waals surface area contributed by atoms with E-state index in [1.807, 2.05) is 6.92 Å². The highest BCUT2D eigenvalue weighted by atomic mass is 32.2. The van der Waals surface area contributed by atoms with E-state index >= 15 is 4.39 Å². The minimum atomic E-state index is -3.75. The Balaban J connectivity index is 1.31. The number of amides is 1. The molecule has 0 unspecified atom stereocenters. The van der Waals surface area contributed by atoms with Crippen LogP contribution in [0.5, 0.6) is 0 Å². The van der Waals surface area contributed by atoms with Crippen LogP contribution in [0.15, 0.2) is 71.6 Å². The van der Waals surface area contributed by atoms with Gasteiger partial charge in [-0.3, -0.25) is 4.79 Å². The molecule has 4 atom stereocenters. The van der Waals surface area contributed by atoms with Crippen molar-refractivity contribution in [3.05, 3.63) is 95.3 Å². The Hall–Kier alpha value is -3.29. The van der Waals surface area contributed by atoms with Crippen molar-refractivity contribution in [1.29, 1.82) is 0 Å². The fourth-order valence-corrected chi connectivity index (χ4v) is 8.68. The maximum absolute atomic E-state index is 15.2. The summed E-state index contributed by atoms with van der Waals surface area (Å²) in [5.74, 6) is -3.47. The zero-order valence-electron chi connectivity index (χ0n) is 25.8. The van der Waals surface area contributed by atoms with Gasteiger partial charge in [-0.1, -0.05) is 24.3 Å². The molecule has 0 spiro atoms. The Bertz CT molecular complexity index is 1580. The molecule has 5 rings (SSSR count). The second kappa shape index (κ2) is 15.1. The number of sulfonamides is 1. The molecular weight excluding hydrogens is 617 g/mol. The predicted octanol–water partition coefficient (Wildman–Crippen LogP) is 4.95. The SMILES string of the molecule is C[C@@H]1CNC[C@H](CCCc2c(F)cccc2NC(=O)[C@@H](N)[C@@H](c2cc(F)cc(F)c2)C2CCOCC2)N1S(=O)(=O)c1ccccc1. The molecule has 2 fully saturated rings. The van der Waals surface area contributed by atoms with Crippen LogP contribution < -0.4 is 16.4 Å². The number of nitrogens with one attached hydrogen (secondary N) is 2. The van der Waals surface area contributed by atoms with Crippen molar-refractivity contribution in [1.82, 2.24) is 9.62 Å². The third-order valence-corrected chi connectivity index (χ3v) is 11.1. The maximum atomic E-state index is 15.2. The van der Waals surface area contributed by atoms with Gasteiger partial charge in [0.1, 0.15) is 17.5 Å². The summed E-state index contributed by atoms with van der Waals surface area (Å²) in [6.45, 7) is 3.73. The van der Waals surface area contributed by atoms with E-state index in [-0.39, 0.29) is 46.1 Å². The number of anilines is 1. The molecule has 0 saturated carbocycles. The number of rotatable bonds is 11. The maximum Gasteiger partial charge on any atom is 0.243 e. The normalized spacial score (nSPS) is 21.1. The van der Waals surface area contributed by atoms with Crippen LogP contribution in [0.25, 0.3) is 0 Å². The number of nitrogens with zero attached hydrogens (tertiary/aromatic N) is 1. The lowest BCUT2D eigenvalue weighted by Crippen LogP contribution is -2.58. The lowest BCUT2D eigenvalue weighted by molar-refractivity contribution is -0.118. The van der Waals surface area contributed by atoms with E-state index in [0.29, 0.717) is 52.0 Å². The van der Waals surface area contributed by atoms with Gasteiger partial charge in [-0.05, 0) is 86.9 Å². The van der Waals surface area contributed by atoms with Crippen molar-refractivity contribution >= 4 is 21.6 Å². The largest absolute Gasteiger partial charge is 0.381 e. The number of carbonyl (C=O) groups excluding carboxylic acids is 1. The van der Waals surface area contributed by atoms with Crippen LogP contribution in [0.2, 0.25) is 0 Å². The highest BCUT2D eigenvalue weighted by Crippen LogP contribution is 2.36. The first-order chi connectivity index (χ1) is 22.1. The van der Waals surface area contributed by atoms with Gasteiger partial charge in [-0.25, -0.2) is 21.6 Å². The zero-order chi connectivity index (χ0) is 32.8.